The minimum absolute atomic E-state index is 0.0750. The van der Waals surface area contributed by atoms with Crippen molar-refractivity contribution in [1.29, 1.82) is 0 Å². The fraction of sp³-hybridized carbons (Fsp3) is 0.500. The molecule has 0 bridgehead atoms. The second kappa shape index (κ2) is 16.5. The first-order chi connectivity index (χ1) is 18.8. The number of carbonyl (C=O) groups is 2. The Labute approximate surface area is 255 Å². The van der Waals surface area contributed by atoms with E-state index in [2.05, 4.69) is 0 Å². The highest BCUT2D eigenvalue weighted by Gasteiger charge is 2.23. The standard InChI is InChI=1S/C28H34Cl4O8/c1-27(2,9-11-35-25(33)17-37-23-7-5-19(29)15-21(23)31)39-12-10-28(3,4)40-14-13-36-26(34)18-38-24-8-6-20(30)16-22(24)32/h5-8,15-16H,9-14,17-18H2,1-4H3. The Bertz CT molecular complexity index is 1120. The summed E-state index contributed by atoms with van der Waals surface area (Å²) in [5, 5.41) is 1.57. The largest absolute Gasteiger partial charge is 0.480 e. The highest BCUT2D eigenvalue weighted by molar-refractivity contribution is 6.36. The summed E-state index contributed by atoms with van der Waals surface area (Å²) in [6, 6.07) is 9.45. The fourth-order valence-electron chi connectivity index (χ4n) is 3.14. The first-order valence-electron chi connectivity index (χ1n) is 12.5. The minimum atomic E-state index is -0.543. The van der Waals surface area contributed by atoms with Gasteiger partial charge in [-0.2, -0.15) is 0 Å². The highest BCUT2D eigenvalue weighted by Crippen LogP contribution is 2.28. The summed E-state index contributed by atoms with van der Waals surface area (Å²) in [5.41, 5.74) is -1.04. The quantitative estimate of drug-likeness (QED) is 0.132. The number of halogens is 4. The van der Waals surface area contributed by atoms with E-state index >= 15 is 0 Å². The number of hydrogen-bond acceptors (Lipinski definition) is 8. The molecule has 12 heteroatoms. The van der Waals surface area contributed by atoms with Crippen LogP contribution >= 0.6 is 46.4 Å². The highest BCUT2D eigenvalue weighted by atomic mass is 35.5. The molecule has 0 saturated heterocycles. The van der Waals surface area contributed by atoms with Crippen molar-refractivity contribution in [3.63, 3.8) is 0 Å². The molecule has 2 aromatic carbocycles. The van der Waals surface area contributed by atoms with Gasteiger partial charge in [0.25, 0.3) is 0 Å². The van der Waals surface area contributed by atoms with E-state index in [1.807, 2.05) is 27.7 Å². The maximum absolute atomic E-state index is 12.0. The van der Waals surface area contributed by atoms with Crippen LogP contribution in [-0.4, -0.2) is 62.8 Å². The molecule has 0 saturated carbocycles. The van der Waals surface area contributed by atoms with Crippen molar-refractivity contribution >= 4 is 58.3 Å². The molecular weight excluding hydrogens is 606 g/mol. The van der Waals surface area contributed by atoms with Crippen molar-refractivity contribution in [2.24, 2.45) is 0 Å². The van der Waals surface area contributed by atoms with Gasteiger partial charge in [-0.15, -0.1) is 0 Å². The van der Waals surface area contributed by atoms with Crippen molar-refractivity contribution in [3.05, 3.63) is 56.5 Å². The number of benzene rings is 2. The van der Waals surface area contributed by atoms with Crippen LogP contribution in [0.15, 0.2) is 36.4 Å². The van der Waals surface area contributed by atoms with Crippen molar-refractivity contribution in [2.45, 2.75) is 51.7 Å². The van der Waals surface area contributed by atoms with Crippen LogP contribution in [-0.2, 0) is 28.5 Å². The molecule has 0 radical (unpaired) electrons. The van der Waals surface area contributed by atoms with Gasteiger partial charge in [-0.3, -0.25) is 0 Å². The lowest BCUT2D eigenvalue weighted by Crippen LogP contribution is -2.33. The van der Waals surface area contributed by atoms with E-state index in [1.165, 1.54) is 12.1 Å². The van der Waals surface area contributed by atoms with Crippen molar-refractivity contribution in [2.75, 3.05) is 39.6 Å². The molecule has 0 unspecified atom stereocenters. The summed E-state index contributed by atoms with van der Waals surface area (Å²) in [7, 11) is 0. The Morgan fingerprint density at radius 1 is 0.625 bits per heavy atom. The van der Waals surface area contributed by atoms with E-state index in [0.717, 1.165) is 0 Å². The molecule has 0 aliphatic carbocycles. The topological polar surface area (TPSA) is 89.5 Å². The van der Waals surface area contributed by atoms with Gasteiger partial charge >= 0.3 is 11.9 Å². The summed E-state index contributed by atoms with van der Waals surface area (Å²) >= 11 is 23.7. The molecule has 8 nitrogen and oxygen atoms in total. The fourth-order valence-corrected chi connectivity index (χ4v) is 4.07. The third-order valence-corrected chi connectivity index (χ3v) is 6.54. The van der Waals surface area contributed by atoms with Crippen LogP contribution in [0.25, 0.3) is 0 Å². The normalized spacial score (nSPS) is 11.7. The van der Waals surface area contributed by atoms with Crippen molar-refractivity contribution in [1.82, 2.24) is 0 Å². The van der Waals surface area contributed by atoms with Gasteiger partial charge in [0.2, 0.25) is 0 Å². The van der Waals surface area contributed by atoms with Crippen LogP contribution in [0.5, 0.6) is 11.5 Å². The van der Waals surface area contributed by atoms with E-state index < -0.39 is 23.1 Å². The second-order valence-electron chi connectivity index (χ2n) is 9.88. The van der Waals surface area contributed by atoms with E-state index in [1.54, 1.807) is 24.3 Å². The molecule has 0 fully saturated rings. The minimum Gasteiger partial charge on any atom is -0.480 e. The number of carbonyl (C=O) groups excluding carboxylic acids is 2. The molecular formula is C28H34Cl4O8. The molecule has 40 heavy (non-hydrogen) atoms. The first kappa shape index (κ1) is 34.3. The van der Waals surface area contributed by atoms with Crippen LogP contribution in [0.3, 0.4) is 0 Å². The predicted molar refractivity (Wildman–Crippen MR) is 155 cm³/mol. The number of rotatable bonds is 17. The van der Waals surface area contributed by atoms with Gasteiger partial charge in [0.05, 0.1) is 41.1 Å². The van der Waals surface area contributed by atoms with E-state index in [-0.39, 0.29) is 33.0 Å². The molecule has 0 aliphatic heterocycles. The summed E-state index contributed by atoms with van der Waals surface area (Å²) in [4.78, 5) is 23.9. The number of hydrogen-bond donors (Lipinski definition) is 0. The van der Waals surface area contributed by atoms with Crippen LogP contribution in [0.1, 0.15) is 40.5 Å². The summed E-state index contributed by atoms with van der Waals surface area (Å²) in [6.45, 7) is 7.99. The van der Waals surface area contributed by atoms with Gasteiger partial charge in [0, 0.05) is 16.5 Å². The molecule has 222 valence electrons. The Balaban J connectivity index is 1.57. The number of esters is 2. The Morgan fingerprint density at radius 2 is 1.05 bits per heavy atom. The van der Waals surface area contributed by atoms with E-state index in [9.17, 15) is 9.59 Å². The van der Waals surface area contributed by atoms with Crippen LogP contribution in [0, 0.1) is 0 Å². The van der Waals surface area contributed by atoms with Gasteiger partial charge < -0.3 is 28.4 Å². The second-order valence-corrected chi connectivity index (χ2v) is 11.6. The molecule has 0 N–H and O–H groups in total. The van der Waals surface area contributed by atoms with Gasteiger partial charge in [0.1, 0.15) is 18.1 Å². The predicted octanol–water partition coefficient (Wildman–Crippen LogP) is 7.22. The Hall–Kier alpha value is -1.94. The first-order valence-corrected chi connectivity index (χ1v) is 14.0. The van der Waals surface area contributed by atoms with Crippen LogP contribution in [0.4, 0.5) is 0 Å². The Kier molecular flexibility index (Phi) is 14.1. The summed E-state index contributed by atoms with van der Waals surface area (Å²) < 4.78 is 33.0. The molecule has 0 aliphatic rings. The van der Waals surface area contributed by atoms with E-state index in [4.69, 9.17) is 74.8 Å². The zero-order valence-corrected chi connectivity index (χ0v) is 25.9. The summed E-state index contributed by atoms with van der Waals surface area (Å²) in [5.74, 6) is -0.367. The monoisotopic (exact) mass is 638 g/mol. The van der Waals surface area contributed by atoms with Crippen molar-refractivity contribution in [3.8, 4) is 11.5 Å². The average Bonchev–Trinajstić information content (AvgIpc) is 2.85. The lowest BCUT2D eigenvalue weighted by molar-refractivity contribution is -0.151. The summed E-state index contributed by atoms with van der Waals surface area (Å²) in [6.07, 6.45) is 1.08. The van der Waals surface area contributed by atoms with Gasteiger partial charge in [-0.25, -0.2) is 9.59 Å². The van der Waals surface area contributed by atoms with Gasteiger partial charge in [0.15, 0.2) is 13.2 Å². The van der Waals surface area contributed by atoms with Crippen LogP contribution in [0.2, 0.25) is 20.1 Å². The molecule has 0 aromatic heterocycles. The molecule has 0 atom stereocenters. The molecule has 0 spiro atoms. The maximum Gasteiger partial charge on any atom is 0.344 e. The zero-order chi connectivity index (χ0) is 29.8. The number of ether oxygens (including phenoxy) is 6. The third-order valence-electron chi connectivity index (χ3n) is 5.48. The average molecular weight is 640 g/mol. The lowest BCUT2D eigenvalue weighted by Gasteiger charge is -2.29. The SMILES string of the molecule is CC(C)(CCOC(=O)COc1ccc(Cl)cc1Cl)OCCC(C)(C)OCCOC(=O)COc1ccc(Cl)cc1Cl. The third kappa shape index (κ3) is 13.6. The van der Waals surface area contributed by atoms with Crippen molar-refractivity contribution < 1.29 is 38.0 Å². The van der Waals surface area contributed by atoms with Gasteiger partial charge in [-0.05, 0) is 70.5 Å². The maximum atomic E-state index is 12.0. The smallest absolute Gasteiger partial charge is 0.344 e. The molecule has 0 heterocycles. The van der Waals surface area contributed by atoms with Gasteiger partial charge in [-0.1, -0.05) is 46.4 Å². The molecule has 0 amide bonds. The zero-order valence-electron chi connectivity index (χ0n) is 22.9. The molecule has 2 rings (SSSR count). The lowest BCUT2D eigenvalue weighted by atomic mass is 10.0. The van der Waals surface area contributed by atoms with E-state index in [0.29, 0.717) is 51.0 Å². The van der Waals surface area contributed by atoms with Crippen LogP contribution < -0.4 is 9.47 Å². The molecule has 2 aromatic rings. The Morgan fingerprint density at radius 3 is 1.52 bits per heavy atom.